The topological polar surface area (TPSA) is 90.5 Å². The summed E-state index contributed by atoms with van der Waals surface area (Å²) in [6.07, 6.45) is 2.76. The molecule has 0 radical (unpaired) electrons. The third-order valence-electron chi connectivity index (χ3n) is 6.97. The smallest absolute Gasteiger partial charge is 0.202 e. The minimum Gasteiger partial charge on any atom is -0.505 e. The zero-order chi connectivity index (χ0) is 23.4. The summed E-state index contributed by atoms with van der Waals surface area (Å²) in [5.41, 5.74) is 0.449. The second-order valence-electron chi connectivity index (χ2n) is 8.98. The summed E-state index contributed by atoms with van der Waals surface area (Å²) in [6, 6.07) is 3.68. The Morgan fingerprint density at radius 3 is 2.82 bits per heavy atom. The highest BCUT2D eigenvalue weighted by molar-refractivity contribution is 7.19. The van der Waals surface area contributed by atoms with E-state index in [9.17, 15) is 15.2 Å². The molecule has 1 aliphatic carbocycles. The molecule has 0 unspecified atom stereocenters. The normalized spacial score (nSPS) is 19.4. The second kappa shape index (κ2) is 8.19. The van der Waals surface area contributed by atoms with Crippen molar-refractivity contribution < 1.29 is 14.2 Å². The second-order valence-corrected chi connectivity index (χ2v) is 9.98. The lowest BCUT2D eigenvalue weighted by Crippen LogP contribution is -2.35. The SMILES string of the molecule is CCN[C@@H](C)[C@@H]1CCN(c2c(F)cc3c(=O)c4c(O)c(C#N)sc4n(C4CC4)c3c2OC)C1. The van der Waals surface area contributed by atoms with Crippen LogP contribution in [0.5, 0.6) is 11.5 Å². The number of hydrogen-bond donors (Lipinski definition) is 2. The first-order valence-corrected chi connectivity index (χ1v) is 12.2. The van der Waals surface area contributed by atoms with Crippen LogP contribution >= 0.6 is 11.3 Å². The van der Waals surface area contributed by atoms with Crippen molar-refractivity contribution in [1.29, 1.82) is 5.26 Å². The minimum atomic E-state index is -0.509. The lowest BCUT2D eigenvalue weighted by Gasteiger charge is -2.26. The number of hydrogen-bond acceptors (Lipinski definition) is 7. The van der Waals surface area contributed by atoms with Gasteiger partial charge in [0.25, 0.3) is 0 Å². The number of nitrogens with one attached hydrogen (secondary N) is 1. The number of benzene rings is 1. The van der Waals surface area contributed by atoms with Crippen molar-refractivity contribution in [3.63, 3.8) is 0 Å². The van der Waals surface area contributed by atoms with Crippen LogP contribution in [0.2, 0.25) is 0 Å². The number of nitriles is 1. The molecule has 1 saturated carbocycles. The molecule has 5 rings (SSSR count). The van der Waals surface area contributed by atoms with Crippen LogP contribution in [0.25, 0.3) is 21.1 Å². The van der Waals surface area contributed by atoms with E-state index >= 15 is 4.39 Å². The van der Waals surface area contributed by atoms with Crippen LogP contribution in [0.1, 0.15) is 44.0 Å². The van der Waals surface area contributed by atoms with Gasteiger partial charge in [0.05, 0.1) is 18.0 Å². The average molecular weight is 471 g/mol. The first kappa shape index (κ1) is 22.0. The third kappa shape index (κ3) is 3.35. The van der Waals surface area contributed by atoms with E-state index in [2.05, 4.69) is 19.2 Å². The molecule has 2 fully saturated rings. The van der Waals surface area contributed by atoms with Gasteiger partial charge in [0, 0.05) is 25.2 Å². The Hall–Kier alpha value is -2.83. The van der Waals surface area contributed by atoms with Crippen molar-refractivity contribution >= 4 is 38.1 Å². The maximum Gasteiger partial charge on any atom is 0.202 e. The highest BCUT2D eigenvalue weighted by Gasteiger charge is 2.35. The number of anilines is 1. The van der Waals surface area contributed by atoms with Gasteiger partial charge < -0.3 is 24.6 Å². The van der Waals surface area contributed by atoms with Crippen LogP contribution in [0.3, 0.4) is 0 Å². The third-order valence-corrected chi connectivity index (χ3v) is 8.05. The number of pyridine rings is 1. The number of nitrogens with zero attached hydrogens (tertiary/aromatic N) is 3. The minimum absolute atomic E-state index is 0.0888. The van der Waals surface area contributed by atoms with E-state index in [-0.39, 0.29) is 27.4 Å². The lowest BCUT2D eigenvalue weighted by molar-refractivity contribution is 0.406. The number of thiophene rings is 1. The van der Waals surface area contributed by atoms with Gasteiger partial charge in [-0.2, -0.15) is 5.26 Å². The molecule has 2 aromatic heterocycles. The van der Waals surface area contributed by atoms with E-state index in [0.29, 0.717) is 46.8 Å². The molecule has 2 aliphatic rings. The van der Waals surface area contributed by atoms with Crippen LogP contribution < -0.4 is 20.4 Å². The van der Waals surface area contributed by atoms with Crippen LogP contribution in [0, 0.1) is 23.1 Å². The van der Waals surface area contributed by atoms with E-state index in [0.717, 1.165) is 37.1 Å². The van der Waals surface area contributed by atoms with Gasteiger partial charge in [-0.25, -0.2) is 4.39 Å². The summed E-state index contributed by atoms with van der Waals surface area (Å²) in [4.78, 5) is 16.0. The van der Waals surface area contributed by atoms with Gasteiger partial charge in [-0.05, 0) is 44.7 Å². The molecule has 33 heavy (non-hydrogen) atoms. The number of aromatic nitrogens is 1. The molecule has 0 amide bonds. The molecule has 2 N–H and O–H groups in total. The molecule has 0 bridgehead atoms. The highest BCUT2D eigenvalue weighted by Crippen LogP contribution is 2.48. The zero-order valence-corrected chi connectivity index (χ0v) is 19.8. The Kier molecular flexibility index (Phi) is 5.46. The van der Waals surface area contributed by atoms with Crippen LogP contribution in [0.4, 0.5) is 10.1 Å². The van der Waals surface area contributed by atoms with Crippen molar-refractivity contribution in [3.05, 3.63) is 27.0 Å². The Bertz CT molecular complexity index is 1350. The largest absolute Gasteiger partial charge is 0.505 e. The summed E-state index contributed by atoms with van der Waals surface area (Å²) >= 11 is 1.10. The molecule has 3 aromatic rings. The number of ether oxygens (including phenoxy) is 1. The fraction of sp³-hybridized carbons (Fsp3) is 0.500. The van der Waals surface area contributed by atoms with Gasteiger partial charge in [-0.15, -0.1) is 11.3 Å². The number of aromatic hydroxyl groups is 1. The van der Waals surface area contributed by atoms with Crippen LogP contribution in [0.15, 0.2) is 10.9 Å². The zero-order valence-electron chi connectivity index (χ0n) is 18.9. The molecule has 1 aliphatic heterocycles. The molecule has 3 heterocycles. The maximum atomic E-state index is 15.6. The fourth-order valence-electron chi connectivity index (χ4n) is 5.17. The predicted molar refractivity (Wildman–Crippen MR) is 128 cm³/mol. The van der Waals surface area contributed by atoms with Gasteiger partial charge in [-0.3, -0.25) is 4.79 Å². The Morgan fingerprint density at radius 1 is 1.42 bits per heavy atom. The molecular formula is C24H27FN4O3S. The molecule has 0 spiro atoms. The Labute approximate surface area is 195 Å². The van der Waals surface area contributed by atoms with E-state index in [1.807, 2.05) is 15.5 Å². The van der Waals surface area contributed by atoms with Crippen molar-refractivity contribution in [2.45, 2.75) is 45.2 Å². The maximum absolute atomic E-state index is 15.6. The van der Waals surface area contributed by atoms with E-state index < -0.39 is 11.2 Å². The predicted octanol–water partition coefficient (Wildman–Crippen LogP) is 4.10. The van der Waals surface area contributed by atoms with Crippen LogP contribution in [-0.2, 0) is 0 Å². The summed E-state index contributed by atoms with van der Waals surface area (Å²) in [7, 11) is 1.51. The van der Waals surface area contributed by atoms with Gasteiger partial charge in [0.2, 0.25) is 5.43 Å². The number of halogens is 1. The van der Waals surface area contributed by atoms with E-state index in [1.54, 1.807) is 0 Å². The molecule has 7 nitrogen and oxygen atoms in total. The number of fused-ring (bicyclic) bond motifs is 2. The van der Waals surface area contributed by atoms with Crippen molar-refractivity contribution in [2.24, 2.45) is 5.92 Å². The summed E-state index contributed by atoms with van der Waals surface area (Å²) in [5.74, 6) is -0.100. The van der Waals surface area contributed by atoms with Crippen LogP contribution in [-0.4, -0.2) is 42.5 Å². The molecule has 174 valence electrons. The Balaban J connectivity index is 1.76. The average Bonchev–Trinajstić information content (AvgIpc) is 3.41. The van der Waals surface area contributed by atoms with Gasteiger partial charge in [-0.1, -0.05) is 6.92 Å². The standard InChI is InChI=1S/C24H27FN4O3S/c1-4-27-12(2)13-7-8-28(11-13)20-16(25)9-15-19(23(20)32-3)29(14-5-6-14)24-18(21(15)30)22(31)17(10-26)33-24/h9,12-14,27,31H,4-8,11H2,1-3H3/t12-,13+/m0/s1. The first-order chi connectivity index (χ1) is 15.9. The molecule has 9 heteroatoms. The number of methoxy groups -OCH3 is 1. The summed E-state index contributed by atoms with van der Waals surface area (Å²) < 4.78 is 23.4. The van der Waals surface area contributed by atoms with Gasteiger partial charge in [0.1, 0.15) is 26.9 Å². The van der Waals surface area contributed by atoms with Gasteiger partial charge in [0.15, 0.2) is 17.3 Å². The lowest BCUT2D eigenvalue weighted by atomic mass is 10.0. The number of rotatable bonds is 6. The molecule has 2 atom stereocenters. The van der Waals surface area contributed by atoms with Crippen molar-refractivity contribution in [3.8, 4) is 17.6 Å². The molecule has 1 saturated heterocycles. The summed E-state index contributed by atoms with van der Waals surface area (Å²) in [5, 5.41) is 23.7. The fourth-order valence-corrected chi connectivity index (χ4v) is 6.24. The quantitative estimate of drug-likeness (QED) is 0.564. The Morgan fingerprint density at radius 2 is 2.18 bits per heavy atom. The van der Waals surface area contributed by atoms with Crippen molar-refractivity contribution in [1.82, 2.24) is 9.88 Å². The van der Waals surface area contributed by atoms with E-state index in [1.165, 1.54) is 13.2 Å². The van der Waals surface area contributed by atoms with E-state index in [4.69, 9.17) is 4.74 Å². The first-order valence-electron chi connectivity index (χ1n) is 11.4. The van der Waals surface area contributed by atoms with Gasteiger partial charge >= 0.3 is 0 Å². The monoisotopic (exact) mass is 470 g/mol. The van der Waals surface area contributed by atoms with Crippen molar-refractivity contribution in [2.75, 3.05) is 31.6 Å². The summed E-state index contributed by atoms with van der Waals surface area (Å²) in [6.45, 7) is 6.51. The molecular weight excluding hydrogens is 443 g/mol. The highest BCUT2D eigenvalue weighted by atomic mass is 32.1. The molecule has 1 aromatic carbocycles.